The van der Waals surface area contributed by atoms with Gasteiger partial charge >= 0.3 is 0 Å². The fourth-order valence-corrected chi connectivity index (χ4v) is 3.92. The average Bonchev–Trinajstić information content (AvgIpc) is 3.15. The van der Waals surface area contributed by atoms with E-state index >= 15 is 0 Å². The van der Waals surface area contributed by atoms with Crippen molar-refractivity contribution in [1.29, 1.82) is 0 Å². The van der Waals surface area contributed by atoms with Crippen LogP contribution in [-0.2, 0) is 13.1 Å². The van der Waals surface area contributed by atoms with Crippen LogP contribution in [-0.4, -0.2) is 15.5 Å². The number of aryl methyl sites for hydroxylation is 1. The largest absolute Gasteiger partial charge is 0.345 e. The lowest BCUT2D eigenvalue weighted by molar-refractivity contribution is 0.0949. The molecule has 1 aromatic heterocycles. The highest BCUT2D eigenvalue weighted by Crippen LogP contribution is 2.21. The van der Waals surface area contributed by atoms with Gasteiger partial charge in [-0.25, -0.2) is 4.98 Å². The number of carbonyl (C=O) groups is 1. The van der Waals surface area contributed by atoms with Crippen molar-refractivity contribution >= 4 is 27.7 Å². The highest BCUT2D eigenvalue weighted by Gasteiger charge is 2.13. The van der Waals surface area contributed by atoms with Crippen molar-refractivity contribution in [3.05, 3.63) is 114 Å². The van der Waals surface area contributed by atoms with Crippen LogP contribution in [0.25, 0.3) is 21.8 Å². The summed E-state index contributed by atoms with van der Waals surface area (Å²) >= 11 is 0. The first-order valence-corrected chi connectivity index (χ1v) is 10.4. The lowest BCUT2D eigenvalue weighted by Crippen LogP contribution is -2.24. The molecule has 0 aliphatic heterocycles. The summed E-state index contributed by atoms with van der Waals surface area (Å²) in [5.41, 5.74) is 4.99. The topological polar surface area (TPSA) is 46.9 Å². The summed E-state index contributed by atoms with van der Waals surface area (Å²) in [4.78, 5) is 17.4. The van der Waals surface area contributed by atoms with Crippen LogP contribution in [0.15, 0.2) is 91.0 Å². The Morgan fingerprint density at radius 2 is 1.61 bits per heavy atom. The number of rotatable bonds is 5. The van der Waals surface area contributed by atoms with Crippen LogP contribution in [0.2, 0.25) is 0 Å². The Kier molecular flexibility index (Phi) is 4.97. The number of nitrogens with one attached hydrogen (secondary N) is 1. The Morgan fingerprint density at radius 3 is 2.45 bits per heavy atom. The molecule has 0 saturated heterocycles. The molecule has 4 heteroatoms. The van der Waals surface area contributed by atoms with Crippen molar-refractivity contribution in [3.8, 4) is 0 Å². The van der Waals surface area contributed by atoms with Gasteiger partial charge < -0.3 is 9.88 Å². The molecule has 1 amide bonds. The molecule has 0 saturated carbocycles. The van der Waals surface area contributed by atoms with E-state index in [1.807, 2.05) is 49.4 Å². The van der Waals surface area contributed by atoms with Gasteiger partial charge in [-0.1, -0.05) is 66.2 Å². The number of aromatic nitrogens is 2. The third-order valence-electron chi connectivity index (χ3n) is 5.61. The molecule has 4 aromatic carbocycles. The first-order valence-electron chi connectivity index (χ1n) is 10.4. The van der Waals surface area contributed by atoms with E-state index in [9.17, 15) is 4.79 Å². The minimum absolute atomic E-state index is 0.0932. The van der Waals surface area contributed by atoms with Gasteiger partial charge in [0.1, 0.15) is 5.82 Å². The van der Waals surface area contributed by atoms with Crippen molar-refractivity contribution in [2.24, 2.45) is 0 Å². The molecule has 5 rings (SSSR count). The standard InChI is InChI=1S/C27H23N3O/c1-19-10-13-22(14-11-19)27(31)28-17-26-29-24-8-4-5-9-25(24)30(26)18-20-12-15-21-6-2-3-7-23(21)16-20/h2-16H,17-18H2,1H3,(H,28,31). The minimum Gasteiger partial charge on any atom is -0.345 e. The lowest BCUT2D eigenvalue weighted by Gasteiger charge is -2.11. The second-order valence-electron chi connectivity index (χ2n) is 7.83. The molecule has 0 bridgehead atoms. The third-order valence-corrected chi connectivity index (χ3v) is 5.61. The van der Waals surface area contributed by atoms with Crippen molar-refractivity contribution in [2.75, 3.05) is 0 Å². The number of para-hydroxylation sites is 2. The fraction of sp³-hybridized carbons (Fsp3) is 0.111. The van der Waals surface area contributed by atoms with E-state index in [1.165, 1.54) is 16.3 Å². The van der Waals surface area contributed by atoms with E-state index in [2.05, 4.69) is 58.4 Å². The molecule has 0 atom stereocenters. The number of carbonyl (C=O) groups excluding carboxylic acids is 1. The monoisotopic (exact) mass is 405 g/mol. The van der Waals surface area contributed by atoms with Crippen LogP contribution in [0.5, 0.6) is 0 Å². The van der Waals surface area contributed by atoms with Crippen LogP contribution in [0.1, 0.15) is 27.3 Å². The maximum atomic E-state index is 12.6. The normalized spacial score (nSPS) is 11.1. The van der Waals surface area contributed by atoms with Crippen LogP contribution < -0.4 is 5.32 Å². The molecule has 0 aliphatic rings. The van der Waals surface area contributed by atoms with Gasteiger partial charge in [0.2, 0.25) is 0 Å². The first kappa shape index (κ1) is 19.1. The molecule has 0 spiro atoms. The SMILES string of the molecule is Cc1ccc(C(=O)NCc2nc3ccccc3n2Cc2ccc3ccccc3c2)cc1. The van der Waals surface area contributed by atoms with E-state index in [-0.39, 0.29) is 5.91 Å². The van der Waals surface area contributed by atoms with Gasteiger partial charge in [0.15, 0.2) is 0 Å². The quantitative estimate of drug-likeness (QED) is 0.421. The molecule has 0 aliphatic carbocycles. The Morgan fingerprint density at radius 1 is 0.871 bits per heavy atom. The smallest absolute Gasteiger partial charge is 0.251 e. The predicted octanol–water partition coefficient (Wildman–Crippen LogP) is 5.48. The van der Waals surface area contributed by atoms with E-state index in [0.717, 1.165) is 22.4 Å². The van der Waals surface area contributed by atoms with Gasteiger partial charge in [0.25, 0.3) is 5.91 Å². The fourth-order valence-electron chi connectivity index (χ4n) is 3.92. The van der Waals surface area contributed by atoms with Crippen molar-refractivity contribution in [3.63, 3.8) is 0 Å². The average molecular weight is 406 g/mol. The summed E-state index contributed by atoms with van der Waals surface area (Å²) < 4.78 is 2.19. The maximum Gasteiger partial charge on any atom is 0.251 e. The zero-order valence-electron chi connectivity index (χ0n) is 17.4. The second kappa shape index (κ2) is 8.07. The van der Waals surface area contributed by atoms with Crippen molar-refractivity contribution in [2.45, 2.75) is 20.0 Å². The molecule has 4 nitrogen and oxygen atoms in total. The van der Waals surface area contributed by atoms with Crippen LogP contribution >= 0.6 is 0 Å². The number of amides is 1. The lowest BCUT2D eigenvalue weighted by atomic mass is 10.1. The maximum absolute atomic E-state index is 12.6. The van der Waals surface area contributed by atoms with Gasteiger partial charge in [0, 0.05) is 12.1 Å². The van der Waals surface area contributed by atoms with E-state index in [4.69, 9.17) is 4.98 Å². The zero-order valence-corrected chi connectivity index (χ0v) is 17.4. The van der Waals surface area contributed by atoms with Crippen LogP contribution in [0, 0.1) is 6.92 Å². The first-order chi connectivity index (χ1) is 15.2. The number of benzene rings is 4. The minimum atomic E-state index is -0.0932. The van der Waals surface area contributed by atoms with Gasteiger partial charge in [0.05, 0.1) is 17.6 Å². The number of nitrogens with zero attached hydrogens (tertiary/aromatic N) is 2. The number of imidazole rings is 1. The summed E-state index contributed by atoms with van der Waals surface area (Å²) in [5, 5.41) is 5.48. The van der Waals surface area contributed by atoms with E-state index < -0.39 is 0 Å². The summed E-state index contributed by atoms with van der Waals surface area (Å²) in [6.07, 6.45) is 0. The molecule has 0 fully saturated rings. The molecule has 0 unspecified atom stereocenters. The highest BCUT2D eigenvalue weighted by molar-refractivity contribution is 5.94. The second-order valence-corrected chi connectivity index (χ2v) is 7.83. The Hall–Kier alpha value is -3.92. The van der Waals surface area contributed by atoms with E-state index in [1.54, 1.807) is 0 Å². The highest BCUT2D eigenvalue weighted by atomic mass is 16.1. The number of hydrogen-bond acceptors (Lipinski definition) is 2. The number of fused-ring (bicyclic) bond motifs is 2. The molecule has 5 aromatic rings. The summed E-state index contributed by atoms with van der Waals surface area (Å²) in [6, 6.07) is 30.6. The molecule has 1 heterocycles. The van der Waals surface area contributed by atoms with Crippen LogP contribution in [0.3, 0.4) is 0 Å². The van der Waals surface area contributed by atoms with Gasteiger partial charge in [-0.2, -0.15) is 0 Å². The zero-order chi connectivity index (χ0) is 21.2. The van der Waals surface area contributed by atoms with Gasteiger partial charge in [-0.15, -0.1) is 0 Å². The van der Waals surface area contributed by atoms with Crippen molar-refractivity contribution in [1.82, 2.24) is 14.9 Å². The van der Waals surface area contributed by atoms with E-state index in [0.29, 0.717) is 18.7 Å². The molecule has 31 heavy (non-hydrogen) atoms. The van der Waals surface area contributed by atoms with Crippen molar-refractivity contribution < 1.29 is 4.79 Å². The molecule has 0 radical (unpaired) electrons. The molecular weight excluding hydrogens is 382 g/mol. The molecule has 1 N–H and O–H groups in total. The Balaban J connectivity index is 1.44. The summed E-state index contributed by atoms with van der Waals surface area (Å²) in [6.45, 7) is 3.08. The number of hydrogen-bond donors (Lipinski definition) is 1. The summed E-state index contributed by atoms with van der Waals surface area (Å²) in [7, 11) is 0. The summed E-state index contributed by atoms with van der Waals surface area (Å²) in [5.74, 6) is 0.749. The molecular formula is C27H23N3O. The Labute approximate surface area is 181 Å². The third kappa shape index (κ3) is 3.92. The molecule has 152 valence electrons. The van der Waals surface area contributed by atoms with Crippen LogP contribution in [0.4, 0.5) is 0 Å². The Bertz CT molecular complexity index is 1380. The van der Waals surface area contributed by atoms with Gasteiger partial charge in [-0.05, 0) is 53.6 Å². The predicted molar refractivity (Wildman–Crippen MR) is 125 cm³/mol. The van der Waals surface area contributed by atoms with Gasteiger partial charge in [-0.3, -0.25) is 4.79 Å².